The van der Waals surface area contributed by atoms with E-state index in [1.165, 1.54) is 0 Å². The van der Waals surface area contributed by atoms with E-state index in [0.717, 1.165) is 7.11 Å². The highest BCUT2D eigenvalue weighted by Crippen LogP contribution is 2.34. The van der Waals surface area contributed by atoms with Crippen LogP contribution in [-0.4, -0.2) is 42.6 Å². The van der Waals surface area contributed by atoms with E-state index in [1.54, 1.807) is 38.3 Å². The lowest BCUT2D eigenvalue weighted by molar-refractivity contribution is -0.186. The van der Waals surface area contributed by atoms with E-state index in [0.29, 0.717) is 17.0 Å². The molecule has 0 spiro atoms. The number of carbonyl (C=O) groups excluding carboxylic acids is 1. The monoisotopic (exact) mass is 293 g/mol. The number of benzene rings is 1. The van der Waals surface area contributed by atoms with E-state index in [4.69, 9.17) is 9.57 Å². The maximum atomic E-state index is 11.8. The summed E-state index contributed by atoms with van der Waals surface area (Å²) in [5, 5.41) is 13.1. The Labute approximate surface area is 121 Å². The van der Waals surface area contributed by atoms with Gasteiger partial charge in [-0.15, -0.1) is 0 Å². The van der Waals surface area contributed by atoms with Gasteiger partial charge in [-0.2, -0.15) is 0 Å². The molecule has 2 unspecified atom stereocenters. The van der Waals surface area contributed by atoms with Crippen LogP contribution in [0.25, 0.3) is 0 Å². The van der Waals surface area contributed by atoms with Gasteiger partial charge < -0.3 is 19.4 Å². The Morgan fingerprint density at radius 2 is 1.90 bits per heavy atom. The maximum absolute atomic E-state index is 11.8. The number of esters is 1. The highest BCUT2D eigenvalue weighted by Gasteiger charge is 2.61. The van der Waals surface area contributed by atoms with E-state index in [9.17, 15) is 14.7 Å². The summed E-state index contributed by atoms with van der Waals surface area (Å²) >= 11 is 0. The van der Waals surface area contributed by atoms with Gasteiger partial charge in [-0.25, -0.2) is 9.59 Å². The lowest BCUT2D eigenvalue weighted by atomic mass is 9.83. The van der Waals surface area contributed by atoms with Gasteiger partial charge in [0, 0.05) is 5.56 Å². The van der Waals surface area contributed by atoms with E-state index in [2.05, 4.69) is 9.89 Å². The van der Waals surface area contributed by atoms with Crippen molar-refractivity contribution in [2.75, 3.05) is 14.2 Å². The number of ether oxygens (including phenoxy) is 2. The highest BCUT2D eigenvalue weighted by atomic mass is 16.7. The molecule has 21 heavy (non-hydrogen) atoms. The molecule has 1 aliphatic rings. The number of carboxylic acids is 1. The average Bonchev–Trinajstić information content (AvgIpc) is 2.85. The fourth-order valence-corrected chi connectivity index (χ4v) is 2.21. The van der Waals surface area contributed by atoms with Crippen molar-refractivity contribution in [1.82, 2.24) is 0 Å². The van der Waals surface area contributed by atoms with E-state index >= 15 is 0 Å². The number of nitrogens with zero attached hydrogens (tertiary/aromatic N) is 1. The number of methoxy groups -OCH3 is 2. The zero-order valence-electron chi connectivity index (χ0n) is 11.8. The summed E-state index contributed by atoms with van der Waals surface area (Å²) in [5.74, 6) is -2.57. The molecule has 0 fully saturated rings. The number of carbonyl (C=O) groups is 2. The Morgan fingerprint density at radius 1 is 1.29 bits per heavy atom. The third kappa shape index (κ3) is 2.20. The molecular formula is C14H15NO6. The van der Waals surface area contributed by atoms with Gasteiger partial charge in [0.15, 0.2) is 0 Å². The molecule has 0 saturated heterocycles. The van der Waals surface area contributed by atoms with Gasteiger partial charge in [-0.1, -0.05) is 12.1 Å². The van der Waals surface area contributed by atoms with E-state index < -0.39 is 23.5 Å². The SMILES string of the molecule is COC(=O)C1(C(=O)O)ON=C(c2ccc(OC)cc2)C1C. The van der Waals surface area contributed by atoms with Crippen molar-refractivity contribution in [2.24, 2.45) is 11.1 Å². The van der Waals surface area contributed by atoms with Crippen LogP contribution in [-0.2, 0) is 19.2 Å². The second-order valence-electron chi connectivity index (χ2n) is 4.55. The lowest BCUT2D eigenvalue weighted by Gasteiger charge is -2.23. The number of hydrogen-bond acceptors (Lipinski definition) is 6. The van der Waals surface area contributed by atoms with Crippen LogP contribution in [0, 0.1) is 5.92 Å². The Bertz CT molecular complexity index is 594. The number of rotatable bonds is 4. The maximum Gasteiger partial charge on any atom is 0.365 e. The summed E-state index contributed by atoms with van der Waals surface area (Å²) < 4.78 is 9.61. The topological polar surface area (TPSA) is 94.4 Å². The predicted molar refractivity (Wildman–Crippen MR) is 72.2 cm³/mol. The van der Waals surface area contributed by atoms with Gasteiger partial charge >= 0.3 is 17.5 Å². The molecule has 0 amide bonds. The van der Waals surface area contributed by atoms with Crippen LogP contribution in [0.15, 0.2) is 29.4 Å². The molecule has 2 atom stereocenters. The first-order chi connectivity index (χ1) is 9.97. The van der Waals surface area contributed by atoms with Crippen LogP contribution in [0.5, 0.6) is 5.75 Å². The highest BCUT2D eigenvalue weighted by molar-refractivity contribution is 6.14. The van der Waals surface area contributed by atoms with Crippen molar-refractivity contribution in [3.63, 3.8) is 0 Å². The molecule has 7 nitrogen and oxygen atoms in total. The van der Waals surface area contributed by atoms with E-state index in [1.807, 2.05) is 0 Å². The molecule has 1 heterocycles. The van der Waals surface area contributed by atoms with Crippen molar-refractivity contribution in [1.29, 1.82) is 0 Å². The van der Waals surface area contributed by atoms with Gasteiger partial charge in [-0.05, 0) is 24.3 Å². The first-order valence-corrected chi connectivity index (χ1v) is 6.19. The van der Waals surface area contributed by atoms with Crippen LogP contribution in [0.3, 0.4) is 0 Å². The normalized spacial score (nSPS) is 24.0. The average molecular weight is 293 g/mol. The zero-order valence-corrected chi connectivity index (χ0v) is 11.8. The molecule has 0 saturated carbocycles. The van der Waals surface area contributed by atoms with Crippen molar-refractivity contribution in [2.45, 2.75) is 12.5 Å². The van der Waals surface area contributed by atoms with Crippen LogP contribution >= 0.6 is 0 Å². The van der Waals surface area contributed by atoms with Gasteiger partial charge in [-0.3, -0.25) is 0 Å². The number of carboxylic acid groups (broad SMARTS) is 1. The Kier molecular flexibility index (Phi) is 3.84. The van der Waals surface area contributed by atoms with Crippen LogP contribution in [0.2, 0.25) is 0 Å². The molecule has 1 N–H and O–H groups in total. The van der Waals surface area contributed by atoms with Gasteiger partial charge in [0.1, 0.15) is 5.75 Å². The number of oxime groups is 1. The van der Waals surface area contributed by atoms with Gasteiger partial charge in [0.25, 0.3) is 0 Å². The minimum Gasteiger partial charge on any atom is -0.497 e. The molecule has 0 radical (unpaired) electrons. The Morgan fingerprint density at radius 3 is 2.38 bits per heavy atom. The summed E-state index contributed by atoms with van der Waals surface area (Å²) in [5.41, 5.74) is -1.13. The molecule has 0 aliphatic carbocycles. The van der Waals surface area contributed by atoms with Crippen molar-refractivity contribution < 1.29 is 29.0 Å². The molecule has 1 aromatic carbocycles. The first kappa shape index (κ1) is 14.8. The molecule has 1 aromatic rings. The third-order valence-corrected chi connectivity index (χ3v) is 3.50. The lowest BCUT2D eigenvalue weighted by Crippen LogP contribution is -2.53. The van der Waals surface area contributed by atoms with E-state index in [-0.39, 0.29) is 0 Å². The Balaban J connectivity index is 2.36. The number of hydrogen-bond donors (Lipinski definition) is 1. The number of aliphatic carboxylic acids is 1. The summed E-state index contributed by atoms with van der Waals surface area (Å²) in [6, 6.07) is 6.85. The summed E-state index contributed by atoms with van der Waals surface area (Å²) in [4.78, 5) is 28.3. The molecule has 112 valence electrons. The molecule has 0 aromatic heterocycles. The largest absolute Gasteiger partial charge is 0.497 e. The molecular weight excluding hydrogens is 278 g/mol. The van der Waals surface area contributed by atoms with Crippen molar-refractivity contribution >= 4 is 17.7 Å². The third-order valence-electron chi connectivity index (χ3n) is 3.50. The van der Waals surface area contributed by atoms with Crippen molar-refractivity contribution in [3.05, 3.63) is 29.8 Å². The first-order valence-electron chi connectivity index (χ1n) is 6.19. The molecule has 0 bridgehead atoms. The Hall–Kier alpha value is -2.57. The molecule has 2 rings (SSSR count). The minimum absolute atomic E-state index is 0.366. The predicted octanol–water partition coefficient (Wildman–Crippen LogP) is 1.06. The van der Waals surface area contributed by atoms with Gasteiger partial charge in [0.2, 0.25) is 0 Å². The summed E-state index contributed by atoms with van der Waals surface area (Å²) in [6.07, 6.45) is 0. The van der Waals surface area contributed by atoms with Crippen LogP contribution in [0.4, 0.5) is 0 Å². The summed E-state index contributed by atoms with van der Waals surface area (Å²) in [7, 11) is 2.65. The zero-order chi connectivity index (χ0) is 15.6. The minimum atomic E-state index is -2.15. The van der Waals surface area contributed by atoms with Gasteiger partial charge in [0.05, 0.1) is 25.8 Å². The second-order valence-corrected chi connectivity index (χ2v) is 4.55. The molecule has 7 heteroatoms. The fraction of sp³-hybridized carbons (Fsp3) is 0.357. The smallest absolute Gasteiger partial charge is 0.365 e. The van der Waals surface area contributed by atoms with Crippen LogP contribution in [0.1, 0.15) is 12.5 Å². The summed E-state index contributed by atoms with van der Waals surface area (Å²) in [6.45, 7) is 1.56. The quantitative estimate of drug-likeness (QED) is 0.659. The fourth-order valence-electron chi connectivity index (χ4n) is 2.21. The van der Waals surface area contributed by atoms with Crippen molar-refractivity contribution in [3.8, 4) is 5.75 Å². The second kappa shape index (κ2) is 5.43. The molecule has 1 aliphatic heterocycles. The van der Waals surface area contributed by atoms with Crippen LogP contribution < -0.4 is 4.74 Å². The standard InChI is InChI=1S/C14H15NO6/c1-8-11(9-4-6-10(19-2)7-5-9)15-21-14(8,12(16)17)13(18)20-3/h4-8H,1-3H3,(H,16,17).